The fourth-order valence-corrected chi connectivity index (χ4v) is 4.33. The summed E-state index contributed by atoms with van der Waals surface area (Å²) in [6.07, 6.45) is 5.74. The predicted molar refractivity (Wildman–Crippen MR) is 117 cm³/mol. The standard InChI is InChI=1S/C25H25ClO4/c1-16-22(15-23(29-16)17-7-11-20(26)12-8-17)24(18-5-3-2-4-6-18)30-21-13-9-19(10-14-21)25(27)28/h7-15,18,24H,2-6H2,1H3,(H,27,28). The molecule has 1 aromatic heterocycles. The van der Waals surface area contributed by atoms with Gasteiger partial charge >= 0.3 is 5.97 Å². The summed E-state index contributed by atoms with van der Waals surface area (Å²) in [6, 6.07) is 16.3. The normalized spacial score (nSPS) is 15.7. The van der Waals surface area contributed by atoms with Gasteiger partial charge in [-0.25, -0.2) is 4.79 Å². The van der Waals surface area contributed by atoms with E-state index < -0.39 is 5.97 Å². The average molecular weight is 425 g/mol. The molecule has 0 amide bonds. The number of halogens is 1. The number of benzene rings is 2. The van der Waals surface area contributed by atoms with Crippen LogP contribution in [-0.4, -0.2) is 11.1 Å². The van der Waals surface area contributed by atoms with Crippen LogP contribution in [0.3, 0.4) is 0 Å². The number of aromatic carboxylic acids is 1. The van der Waals surface area contributed by atoms with Gasteiger partial charge in [-0.1, -0.05) is 30.9 Å². The number of hydrogen-bond acceptors (Lipinski definition) is 3. The Labute approximate surface area is 181 Å². The van der Waals surface area contributed by atoms with Crippen LogP contribution in [-0.2, 0) is 0 Å². The highest BCUT2D eigenvalue weighted by atomic mass is 35.5. The number of furan rings is 1. The van der Waals surface area contributed by atoms with Crippen molar-refractivity contribution in [1.82, 2.24) is 0 Å². The highest BCUT2D eigenvalue weighted by Crippen LogP contribution is 2.41. The Kier molecular flexibility index (Phi) is 6.14. The van der Waals surface area contributed by atoms with Crippen LogP contribution in [0, 0.1) is 12.8 Å². The monoisotopic (exact) mass is 424 g/mol. The topological polar surface area (TPSA) is 59.7 Å². The smallest absolute Gasteiger partial charge is 0.335 e. The molecule has 0 bridgehead atoms. The second kappa shape index (κ2) is 8.97. The maximum absolute atomic E-state index is 11.1. The number of carboxylic acids is 1. The van der Waals surface area contributed by atoms with Crippen LogP contribution in [0.1, 0.15) is 59.9 Å². The van der Waals surface area contributed by atoms with Gasteiger partial charge in [0.05, 0.1) is 5.56 Å². The Balaban J connectivity index is 1.65. The molecule has 0 aliphatic heterocycles. The van der Waals surface area contributed by atoms with Crippen molar-refractivity contribution in [3.05, 3.63) is 76.5 Å². The first-order valence-corrected chi connectivity index (χ1v) is 10.8. The molecule has 156 valence electrons. The zero-order valence-electron chi connectivity index (χ0n) is 16.9. The van der Waals surface area contributed by atoms with Crippen molar-refractivity contribution < 1.29 is 19.1 Å². The molecule has 4 rings (SSSR count). The van der Waals surface area contributed by atoms with Gasteiger partial charge in [-0.15, -0.1) is 0 Å². The molecule has 1 atom stereocenters. The second-order valence-corrected chi connectivity index (χ2v) is 8.33. The van der Waals surface area contributed by atoms with Gasteiger partial charge in [-0.3, -0.25) is 0 Å². The van der Waals surface area contributed by atoms with Gasteiger partial charge in [0, 0.05) is 22.1 Å². The van der Waals surface area contributed by atoms with Crippen LogP contribution in [0.15, 0.2) is 59.0 Å². The highest BCUT2D eigenvalue weighted by molar-refractivity contribution is 6.30. The number of ether oxygens (including phenoxy) is 1. The summed E-state index contributed by atoms with van der Waals surface area (Å²) in [5.41, 5.74) is 2.28. The summed E-state index contributed by atoms with van der Waals surface area (Å²) in [5.74, 6) is 1.77. The van der Waals surface area contributed by atoms with E-state index in [1.165, 1.54) is 19.3 Å². The molecule has 1 N–H and O–H groups in total. The summed E-state index contributed by atoms with van der Waals surface area (Å²) in [4.78, 5) is 11.1. The Morgan fingerprint density at radius 2 is 1.73 bits per heavy atom. The Bertz CT molecular complexity index is 999. The van der Waals surface area contributed by atoms with Gasteiger partial charge in [0.15, 0.2) is 0 Å². The Hall–Kier alpha value is -2.72. The third kappa shape index (κ3) is 4.54. The first kappa shape index (κ1) is 20.5. The maximum Gasteiger partial charge on any atom is 0.335 e. The lowest BCUT2D eigenvalue weighted by molar-refractivity contribution is 0.0696. The minimum Gasteiger partial charge on any atom is -0.485 e. The molecule has 0 radical (unpaired) electrons. The number of rotatable bonds is 6. The summed E-state index contributed by atoms with van der Waals surface area (Å²) in [5, 5.41) is 9.83. The molecule has 1 aliphatic carbocycles. The largest absolute Gasteiger partial charge is 0.485 e. The minimum absolute atomic E-state index is 0.134. The van der Waals surface area contributed by atoms with Gasteiger partial charge in [0.2, 0.25) is 0 Å². The summed E-state index contributed by atoms with van der Waals surface area (Å²) in [7, 11) is 0. The van der Waals surface area contributed by atoms with Crippen LogP contribution >= 0.6 is 11.6 Å². The fourth-order valence-electron chi connectivity index (χ4n) is 4.21. The van der Waals surface area contributed by atoms with E-state index in [1.807, 2.05) is 31.2 Å². The van der Waals surface area contributed by atoms with Crippen molar-refractivity contribution in [2.24, 2.45) is 5.92 Å². The van der Waals surface area contributed by atoms with E-state index in [0.29, 0.717) is 16.7 Å². The molecule has 4 nitrogen and oxygen atoms in total. The summed E-state index contributed by atoms with van der Waals surface area (Å²) < 4.78 is 12.5. The molecule has 1 saturated carbocycles. The first-order chi connectivity index (χ1) is 14.5. The van der Waals surface area contributed by atoms with E-state index in [1.54, 1.807) is 24.3 Å². The second-order valence-electron chi connectivity index (χ2n) is 7.90. The molecule has 1 aliphatic rings. The van der Waals surface area contributed by atoms with Gasteiger partial charge in [0.1, 0.15) is 23.4 Å². The van der Waals surface area contributed by atoms with E-state index in [9.17, 15) is 4.79 Å². The molecule has 1 unspecified atom stereocenters. The lowest BCUT2D eigenvalue weighted by Crippen LogP contribution is -2.21. The van der Waals surface area contributed by atoms with Gasteiger partial charge in [-0.2, -0.15) is 0 Å². The predicted octanol–water partition coefficient (Wildman–Crippen LogP) is 7.31. The molecule has 0 spiro atoms. The van der Waals surface area contributed by atoms with Crippen LogP contribution in [0.4, 0.5) is 0 Å². The third-order valence-electron chi connectivity index (χ3n) is 5.83. The zero-order chi connectivity index (χ0) is 21.1. The molecule has 1 fully saturated rings. The number of carbonyl (C=O) groups is 1. The molecule has 0 saturated heterocycles. The molecular formula is C25H25ClO4. The van der Waals surface area contributed by atoms with Crippen LogP contribution in [0.25, 0.3) is 11.3 Å². The maximum atomic E-state index is 11.1. The van der Waals surface area contributed by atoms with Gasteiger partial charge < -0.3 is 14.3 Å². The minimum atomic E-state index is -0.941. The molecule has 2 aromatic carbocycles. The molecule has 5 heteroatoms. The number of carboxylic acid groups (broad SMARTS) is 1. The average Bonchev–Trinajstić information content (AvgIpc) is 3.14. The van der Waals surface area contributed by atoms with Crippen LogP contribution in [0.5, 0.6) is 5.75 Å². The summed E-state index contributed by atoms with van der Waals surface area (Å²) in [6.45, 7) is 1.97. The Morgan fingerprint density at radius 3 is 2.37 bits per heavy atom. The lowest BCUT2D eigenvalue weighted by Gasteiger charge is -2.30. The molecule has 3 aromatic rings. The molecular weight excluding hydrogens is 400 g/mol. The molecule has 1 heterocycles. The third-order valence-corrected chi connectivity index (χ3v) is 6.09. The number of aryl methyl sites for hydroxylation is 1. The van der Waals surface area contributed by atoms with E-state index >= 15 is 0 Å². The summed E-state index contributed by atoms with van der Waals surface area (Å²) >= 11 is 6.02. The van der Waals surface area contributed by atoms with Crippen LogP contribution in [0.2, 0.25) is 5.02 Å². The fraction of sp³-hybridized carbons (Fsp3) is 0.320. The first-order valence-electron chi connectivity index (χ1n) is 10.4. The van der Waals surface area contributed by atoms with E-state index in [2.05, 4.69) is 6.07 Å². The van der Waals surface area contributed by atoms with Crippen LogP contribution < -0.4 is 4.74 Å². The Morgan fingerprint density at radius 1 is 1.07 bits per heavy atom. The van der Waals surface area contributed by atoms with E-state index in [0.717, 1.165) is 35.5 Å². The van der Waals surface area contributed by atoms with E-state index in [-0.39, 0.29) is 11.7 Å². The lowest BCUT2D eigenvalue weighted by atomic mass is 9.82. The van der Waals surface area contributed by atoms with Crippen molar-refractivity contribution in [1.29, 1.82) is 0 Å². The van der Waals surface area contributed by atoms with E-state index in [4.69, 9.17) is 25.9 Å². The molecule has 30 heavy (non-hydrogen) atoms. The van der Waals surface area contributed by atoms with Crippen molar-refractivity contribution in [2.45, 2.75) is 45.1 Å². The van der Waals surface area contributed by atoms with Crippen molar-refractivity contribution in [3.63, 3.8) is 0 Å². The van der Waals surface area contributed by atoms with Crippen molar-refractivity contribution in [2.75, 3.05) is 0 Å². The quantitative estimate of drug-likeness (QED) is 0.450. The van der Waals surface area contributed by atoms with Gasteiger partial charge in [0.25, 0.3) is 0 Å². The zero-order valence-corrected chi connectivity index (χ0v) is 17.7. The van der Waals surface area contributed by atoms with Crippen molar-refractivity contribution in [3.8, 4) is 17.1 Å². The SMILES string of the molecule is Cc1oc(-c2ccc(Cl)cc2)cc1C(Oc1ccc(C(=O)O)cc1)C1CCCCC1. The van der Waals surface area contributed by atoms with Gasteiger partial charge in [-0.05, 0) is 74.4 Å². The van der Waals surface area contributed by atoms with Crippen molar-refractivity contribution >= 4 is 17.6 Å². The number of hydrogen-bond donors (Lipinski definition) is 1. The highest BCUT2D eigenvalue weighted by Gasteiger charge is 2.30.